The maximum Gasteiger partial charge on any atom is 0.416 e. The molecule has 0 aliphatic heterocycles. The average Bonchev–Trinajstić information content (AvgIpc) is 2.78. The fraction of sp³-hybridized carbons (Fsp3) is 0.296. The van der Waals surface area contributed by atoms with E-state index < -0.39 is 23.2 Å². The zero-order chi connectivity index (χ0) is 24.9. The van der Waals surface area contributed by atoms with E-state index in [0.29, 0.717) is 11.4 Å². The summed E-state index contributed by atoms with van der Waals surface area (Å²) in [4.78, 5) is 12.5. The summed E-state index contributed by atoms with van der Waals surface area (Å²) in [6, 6.07) is 21.9. The van der Waals surface area contributed by atoms with E-state index in [2.05, 4.69) is 0 Å². The van der Waals surface area contributed by atoms with E-state index in [1.54, 1.807) is 0 Å². The summed E-state index contributed by atoms with van der Waals surface area (Å²) in [5, 5.41) is 0.642. The number of amides is 1. The van der Waals surface area contributed by atoms with Crippen LogP contribution < -0.4 is 10.5 Å². The maximum absolute atomic E-state index is 13.1. The summed E-state index contributed by atoms with van der Waals surface area (Å²) in [7, 11) is 0. The molecule has 0 aliphatic carbocycles. The molecule has 0 heterocycles. The first-order chi connectivity index (χ1) is 16.0. The molecule has 0 spiro atoms. The van der Waals surface area contributed by atoms with Gasteiger partial charge < -0.3 is 10.5 Å². The van der Waals surface area contributed by atoms with E-state index >= 15 is 0 Å². The topological polar surface area (TPSA) is 52.3 Å². The molecule has 3 aromatic rings. The molecule has 1 amide bonds. The van der Waals surface area contributed by atoms with Crippen LogP contribution in [0.3, 0.4) is 0 Å². The number of alkyl halides is 3. The summed E-state index contributed by atoms with van der Waals surface area (Å²) in [6.07, 6.45) is -3.63. The molecular formula is C27H27ClF3NO2. The number of benzene rings is 3. The normalized spacial score (nSPS) is 15.2. The van der Waals surface area contributed by atoms with Gasteiger partial charge in [0, 0.05) is 5.02 Å². The highest BCUT2D eigenvalue weighted by atomic mass is 35.5. The molecule has 3 nitrogen and oxygen atoms in total. The first-order valence-electron chi connectivity index (χ1n) is 10.9. The molecule has 3 aromatic carbocycles. The second-order valence-corrected chi connectivity index (χ2v) is 9.19. The Bertz CT molecular complexity index is 1100. The largest absolute Gasteiger partial charge is 0.478 e. The van der Waals surface area contributed by atoms with Gasteiger partial charge in [0.05, 0.1) is 5.56 Å². The number of primary amides is 1. The number of carbonyl (C=O) groups is 1. The average molecular weight is 490 g/mol. The van der Waals surface area contributed by atoms with Crippen molar-refractivity contribution in [2.45, 2.75) is 44.4 Å². The van der Waals surface area contributed by atoms with Crippen molar-refractivity contribution in [1.29, 1.82) is 0 Å². The predicted molar refractivity (Wildman–Crippen MR) is 128 cm³/mol. The molecule has 2 N–H and O–H groups in total. The van der Waals surface area contributed by atoms with Crippen LogP contribution in [-0.4, -0.2) is 11.5 Å². The number of ether oxygens (including phenoxy) is 1. The molecule has 3 rings (SSSR count). The van der Waals surface area contributed by atoms with Gasteiger partial charge in [-0.15, -0.1) is 0 Å². The van der Waals surface area contributed by atoms with Crippen LogP contribution in [0.25, 0.3) is 0 Å². The van der Waals surface area contributed by atoms with Crippen molar-refractivity contribution in [3.05, 3.63) is 101 Å². The van der Waals surface area contributed by atoms with Gasteiger partial charge >= 0.3 is 6.18 Å². The van der Waals surface area contributed by atoms with Crippen molar-refractivity contribution in [3.8, 4) is 5.75 Å². The van der Waals surface area contributed by atoms with Crippen LogP contribution in [0, 0.1) is 5.92 Å². The third kappa shape index (κ3) is 6.54. The minimum Gasteiger partial charge on any atom is -0.478 e. The van der Waals surface area contributed by atoms with E-state index in [4.69, 9.17) is 22.1 Å². The van der Waals surface area contributed by atoms with Crippen molar-refractivity contribution < 1.29 is 22.7 Å². The van der Waals surface area contributed by atoms with Gasteiger partial charge in [0.2, 0.25) is 0 Å². The summed E-state index contributed by atoms with van der Waals surface area (Å²) >= 11 is 6.03. The molecule has 7 heteroatoms. The Morgan fingerprint density at radius 3 is 2.24 bits per heavy atom. The number of nitrogens with two attached hydrogens (primary N) is 1. The Morgan fingerprint density at radius 2 is 1.65 bits per heavy atom. The van der Waals surface area contributed by atoms with E-state index in [0.717, 1.165) is 23.3 Å². The Kier molecular flexibility index (Phi) is 7.93. The molecule has 0 aliphatic rings. The highest BCUT2D eigenvalue weighted by Gasteiger charge is 2.38. The highest BCUT2D eigenvalue weighted by molar-refractivity contribution is 6.30. The maximum atomic E-state index is 13.1. The lowest BCUT2D eigenvalue weighted by atomic mass is 9.77. The lowest BCUT2D eigenvalue weighted by Crippen LogP contribution is -2.48. The number of halogens is 4. The zero-order valence-corrected chi connectivity index (χ0v) is 19.7. The van der Waals surface area contributed by atoms with Gasteiger partial charge in [-0.25, -0.2) is 0 Å². The number of carbonyl (C=O) groups excluding carboxylic acids is 1. The van der Waals surface area contributed by atoms with Crippen LogP contribution in [0.2, 0.25) is 5.02 Å². The van der Waals surface area contributed by atoms with Gasteiger partial charge in [0.1, 0.15) is 5.75 Å². The molecule has 1 unspecified atom stereocenters. The third-order valence-corrected chi connectivity index (χ3v) is 6.27. The van der Waals surface area contributed by atoms with Crippen molar-refractivity contribution in [3.63, 3.8) is 0 Å². The standard InChI is InChI=1S/C27H27ClF3NO2/c1-18(24(20-7-4-3-5-8-20)15-19-11-13-22(28)14-12-19)17-26(2,25(32)33)34-23-10-6-9-21(16-23)27(29,30)31/h3-14,16,18,24H,15,17H2,1-2H3,(H2,32,33)/t18-,24-,26?/m0/s1. The summed E-state index contributed by atoms with van der Waals surface area (Å²) in [5.41, 5.74) is 5.50. The predicted octanol–water partition coefficient (Wildman–Crippen LogP) is 7.03. The molecule has 0 radical (unpaired) electrons. The Hall–Kier alpha value is -2.99. The van der Waals surface area contributed by atoms with Crippen molar-refractivity contribution in [1.82, 2.24) is 0 Å². The first kappa shape index (κ1) is 25.6. The van der Waals surface area contributed by atoms with Crippen LogP contribution in [0.15, 0.2) is 78.9 Å². The van der Waals surface area contributed by atoms with Crippen LogP contribution in [0.5, 0.6) is 5.75 Å². The fourth-order valence-electron chi connectivity index (χ4n) is 4.17. The number of rotatable bonds is 9. The second kappa shape index (κ2) is 10.5. The van der Waals surface area contributed by atoms with E-state index in [1.165, 1.54) is 19.1 Å². The van der Waals surface area contributed by atoms with Crippen LogP contribution in [0.4, 0.5) is 13.2 Å². The Morgan fingerprint density at radius 1 is 1.00 bits per heavy atom. The SMILES string of the molecule is C[C@@H](CC(C)(Oc1cccc(C(F)(F)F)c1)C(N)=O)[C@H](Cc1ccc(Cl)cc1)c1ccccc1. The summed E-state index contributed by atoms with van der Waals surface area (Å²) in [5.74, 6) is -0.889. The van der Waals surface area contributed by atoms with Gasteiger partial charge in [-0.3, -0.25) is 4.79 Å². The van der Waals surface area contributed by atoms with Crippen molar-refractivity contribution in [2.75, 3.05) is 0 Å². The van der Waals surface area contributed by atoms with Crippen LogP contribution in [0.1, 0.15) is 42.9 Å². The van der Waals surface area contributed by atoms with Crippen molar-refractivity contribution >= 4 is 17.5 Å². The van der Waals surface area contributed by atoms with Crippen molar-refractivity contribution in [2.24, 2.45) is 11.7 Å². The number of hydrogen-bond donors (Lipinski definition) is 1. The summed E-state index contributed by atoms with van der Waals surface area (Å²) in [6.45, 7) is 3.51. The molecule has 0 bridgehead atoms. The molecule has 0 aromatic heterocycles. The number of hydrogen-bond acceptors (Lipinski definition) is 2. The van der Waals surface area contributed by atoms with Crippen LogP contribution in [-0.2, 0) is 17.4 Å². The molecule has 0 saturated heterocycles. The van der Waals surface area contributed by atoms with Gasteiger partial charge in [0.15, 0.2) is 5.60 Å². The zero-order valence-electron chi connectivity index (χ0n) is 19.0. The van der Waals surface area contributed by atoms with Gasteiger partial charge in [-0.2, -0.15) is 13.2 Å². The molecular weight excluding hydrogens is 463 g/mol. The third-order valence-electron chi connectivity index (χ3n) is 6.02. The molecule has 3 atom stereocenters. The molecule has 34 heavy (non-hydrogen) atoms. The minimum absolute atomic E-state index is 0.00570. The van der Waals surface area contributed by atoms with Gasteiger partial charge in [0.25, 0.3) is 5.91 Å². The smallest absolute Gasteiger partial charge is 0.416 e. The van der Waals surface area contributed by atoms with E-state index in [9.17, 15) is 18.0 Å². The quantitative estimate of drug-likeness (QED) is 0.350. The Labute approximate surface area is 202 Å². The molecule has 0 fully saturated rings. The monoisotopic (exact) mass is 489 g/mol. The first-order valence-corrected chi connectivity index (χ1v) is 11.3. The van der Waals surface area contributed by atoms with Gasteiger partial charge in [-0.05, 0) is 73.1 Å². The van der Waals surface area contributed by atoms with E-state index in [1.807, 2.05) is 61.5 Å². The minimum atomic E-state index is -4.52. The lowest BCUT2D eigenvalue weighted by molar-refractivity contribution is -0.138. The second-order valence-electron chi connectivity index (χ2n) is 8.75. The van der Waals surface area contributed by atoms with E-state index in [-0.39, 0.29) is 24.0 Å². The highest BCUT2D eigenvalue weighted by Crippen LogP contribution is 2.37. The lowest BCUT2D eigenvalue weighted by Gasteiger charge is -2.34. The van der Waals surface area contributed by atoms with Gasteiger partial charge in [-0.1, -0.05) is 67.1 Å². The van der Waals surface area contributed by atoms with Crippen LogP contribution >= 0.6 is 11.6 Å². The molecule has 180 valence electrons. The summed E-state index contributed by atoms with van der Waals surface area (Å²) < 4.78 is 45.2. The Balaban J connectivity index is 1.88. The fourth-order valence-corrected chi connectivity index (χ4v) is 4.29. The molecule has 0 saturated carbocycles.